The fourth-order valence-corrected chi connectivity index (χ4v) is 4.60. The van der Waals surface area contributed by atoms with Crippen molar-refractivity contribution in [3.8, 4) is 11.4 Å². The second kappa shape index (κ2) is 6.59. The molecule has 3 aromatic rings. The molecule has 2 N–H and O–H groups in total. The average molecular weight is 377 g/mol. The Kier molecular flexibility index (Phi) is 4.16. The zero-order valence-electron chi connectivity index (χ0n) is 16.7. The minimum Gasteiger partial charge on any atom is -0.392 e. The van der Waals surface area contributed by atoms with Crippen LogP contribution in [0.3, 0.4) is 0 Å². The number of nitrogens with one attached hydrogen (secondary N) is 1. The van der Waals surface area contributed by atoms with E-state index in [1.807, 2.05) is 18.3 Å². The minimum atomic E-state index is 0.0688. The molecule has 0 aromatic carbocycles. The number of aliphatic hydroxyl groups excluding tert-OH is 1. The zero-order chi connectivity index (χ0) is 19.3. The van der Waals surface area contributed by atoms with Crippen LogP contribution in [-0.2, 0) is 6.61 Å². The summed E-state index contributed by atoms with van der Waals surface area (Å²) in [6.07, 6.45) is 10.2. The van der Waals surface area contributed by atoms with Gasteiger partial charge in [0, 0.05) is 12.2 Å². The van der Waals surface area contributed by atoms with E-state index in [1.165, 1.54) is 37.7 Å². The molecule has 146 valence electrons. The summed E-state index contributed by atoms with van der Waals surface area (Å²) in [5, 5.41) is 13.4. The smallest absolute Gasteiger partial charge is 0.137 e. The lowest BCUT2D eigenvalue weighted by Gasteiger charge is -2.28. The largest absolute Gasteiger partial charge is 0.392 e. The Balaban J connectivity index is 1.51. The van der Waals surface area contributed by atoms with E-state index < -0.39 is 0 Å². The van der Waals surface area contributed by atoms with Gasteiger partial charge in [-0.1, -0.05) is 26.3 Å². The van der Waals surface area contributed by atoms with E-state index >= 15 is 0 Å². The molecule has 5 nitrogen and oxygen atoms in total. The van der Waals surface area contributed by atoms with Crippen LogP contribution in [0.25, 0.3) is 17.0 Å². The Morgan fingerprint density at radius 2 is 2.11 bits per heavy atom. The number of nitrogens with zero attached hydrogens (tertiary/aromatic N) is 3. The average Bonchev–Trinajstić information content (AvgIpc) is 3.37. The number of fused-ring (bicyclic) bond motifs is 1. The molecule has 0 aliphatic heterocycles. The second-order valence-electron chi connectivity index (χ2n) is 9.04. The molecule has 0 bridgehead atoms. The van der Waals surface area contributed by atoms with Gasteiger partial charge in [-0.05, 0) is 66.3 Å². The van der Waals surface area contributed by atoms with Crippen LogP contribution in [0, 0.1) is 5.41 Å². The lowest BCUT2D eigenvalue weighted by Crippen LogP contribution is -2.31. The van der Waals surface area contributed by atoms with Crippen molar-refractivity contribution in [3.63, 3.8) is 0 Å². The van der Waals surface area contributed by atoms with E-state index in [1.54, 1.807) is 0 Å². The van der Waals surface area contributed by atoms with E-state index in [4.69, 9.17) is 4.98 Å². The highest BCUT2D eigenvalue weighted by atomic mass is 16.3. The van der Waals surface area contributed by atoms with Crippen molar-refractivity contribution in [2.24, 2.45) is 5.41 Å². The van der Waals surface area contributed by atoms with Crippen LogP contribution in [-0.4, -0.2) is 25.5 Å². The zero-order valence-corrected chi connectivity index (χ0v) is 16.7. The van der Waals surface area contributed by atoms with Crippen LogP contribution in [0.1, 0.15) is 63.0 Å². The topological polar surface area (TPSA) is 62.5 Å². The molecule has 0 saturated heterocycles. The van der Waals surface area contributed by atoms with Gasteiger partial charge in [-0.2, -0.15) is 0 Å². The van der Waals surface area contributed by atoms with E-state index in [9.17, 15) is 5.11 Å². The van der Waals surface area contributed by atoms with Crippen LogP contribution in [0.5, 0.6) is 0 Å². The van der Waals surface area contributed by atoms with Gasteiger partial charge in [0.2, 0.25) is 0 Å². The third kappa shape index (κ3) is 3.08. The summed E-state index contributed by atoms with van der Waals surface area (Å²) in [4.78, 5) is 9.48. The van der Waals surface area contributed by atoms with Crippen LogP contribution >= 0.6 is 0 Å². The van der Waals surface area contributed by atoms with Crippen molar-refractivity contribution in [1.29, 1.82) is 0 Å². The summed E-state index contributed by atoms with van der Waals surface area (Å²) in [5.41, 5.74) is 5.33. The predicted octanol–water partition coefficient (Wildman–Crippen LogP) is 4.76. The molecular weight excluding hydrogens is 348 g/mol. The van der Waals surface area contributed by atoms with Gasteiger partial charge < -0.3 is 10.4 Å². The summed E-state index contributed by atoms with van der Waals surface area (Å²) < 4.78 is 2.12. The van der Waals surface area contributed by atoms with E-state index in [0.29, 0.717) is 17.4 Å². The molecule has 3 heterocycles. The molecule has 28 heavy (non-hydrogen) atoms. The number of hydrogen-bond donors (Lipinski definition) is 2. The highest BCUT2D eigenvalue weighted by molar-refractivity contribution is 5.63. The third-order valence-electron chi connectivity index (χ3n) is 6.55. The first-order valence-electron chi connectivity index (χ1n) is 10.4. The Morgan fingerprint density at radius 1 is 1.25 bits per heavy atom. The maximum atomic E-state index is 9.74. The van der Waals surface area contributed by atoms with Crippen molar-refractivity contribution in [1.82, 2.24) is 14.4 Å². The lowest BCUT2D eigenvalue weighted by molar-refractivity contribution is 0.280. The molecule has 3 aromatic heterocycles. The van der Waals surface area contributed by atoms with Crippen LogP contribution in [0.15, 0.2) is 36.7 Å². The fourth-order valence-electron chi connectivity index (χ4n) is 4.60. The SMILES string of the molecule is CC1(C)CCCC1Nc1cccc(-c2cnc3cc(CO)c(C4CC4)cn23)n1. The first kappa shape index (κ1) is 17.7. The monoisotopic (exact) mass is 376 g/mol. The highest BCUT2D eigenvalue weighted by Crippen LogP contribution is 2.42. The number of pyridine rings is 2. The molecule has 0 amide bonds. The predicted molar refractivity (Wildman–Crippen MR) is 111 cm³/mol. The Hall–Kier alpha value is -2.40. The van der Waals surface area contributed by atoms with Crippen LogP contribution in [0.2, 0.25) is 0 Å². The second-order valence-corrected chi connectivity index (χ2v) is 9.04. The van der Waals surface area contributed by atoms with Crippen LogP contribution < -0.4 is 5.32 Å². The standard InChI is InChI=1S/C23H28N4O/c1-23(2)10-4-6-20(23)26-21-7-3-5-18(25-21)19-12-24-22-11-16(14-28)17(13-27(19)22)15-8-9-15/h3,5,7,11-13,15,20,28H,4,6,8-10,14H2,1-2H3,(H,25,26). The molecule has 0 radical (unpaired) electrons. The number of rotatable bonds is 5. The van der Waals surface area contributed by atoms with Gasteiger partial charge >= 0.3 is 0 Å². The van der Waals surface area contributed by atoms with Crippen molar-refractivity contribution in [2.75, 3.05) is 5.32 Å². The molecule has 1 atom stereocenters. The number of aromatic nitrogens is 3. The van der Waals surface area contributed by atoms with Gasteiger partial charge in [0.15, 0.2) is 0 Å². The van der Waals surface area contributed by atoms with Crippen molar-refractivity contribution in [3.05, 3.63) is 47.8 Å². The number of hydrogen-bond acceptors (Lipinski definition) is 4. The van der Waals surface area contributed by atoms with Crippen molar-refractivity contribution < 1.29 is 5.11 Å². The Morgan fingerprint density at radius 3 is 2.82 bits per heavy atom. The summed E-state index contributed by atoms with van der Waals surface area (Å²) in [7, 11) is 0. The number of aliphatic hydroxyl groups is 1. The minimum absolute atomic E-state index is 0.0688. The molecule has 2 aliphatic rings. The van der Waals surface area contributed by atoms with Crippen molar-refractivity contribution in [2.45, 2.75) is 64.5 Å². The molecule has 2 fully saturated rings. The maximum absolute atomic E-state index is 9.74. The molecule has 2 saturated carbocycles. The summed E-state index contributed by atoms with van der Waals surface area (Å²) in [6.45, 7) is 4.74. The van der Waals surface area contributed by atoms with Gasteiger partial charge in [0.05, 0.1) is 24.2 Å². The number of imidazole rings is 1. The highest BCUT2D eigenvalue weighted by Gasteiger charge is 2.34. The summed E-state index contributed by atoms with van der Waals surface area (Å²) in [6, 6.07) is 8.65. The first-order chi connectivity index (χ1) is 13.5. The Bertz CT molecular complexity index is 1020. The van der Waals surface area contributed by atoms with E-state index in [0.717, 1.165) is 28.4 Å². The summed E-state index contributed by atoms with van der Waals surface area (Å²) in [5.74, 6) is 1.51. The molecule has 5 heteroatoms. The van der Waals surface area contributed by atoms with Gasteiger partial charge in [-0.15, -0.1) is 0 Å². The third-order valence-corrected chi connectivity index (χ3v) is 6.55. The van der Waals surface area contributed by atoms with Crippen molar-refractivity contribution >= 4 is 11.5 Å². The van der Waals surface area contributed by atoms with E-state index in [2.05, 4.69) is 46.9 Å². The molecule has 1 unspecified atom stereocenters. The van der Waals surface area contributed by atoms with Gasteiger partial charge in [0.25, 0.3) is 0 Å². The first-order valence-corrected chi connectivity index (χ1v) is 10.4. The van der Waals surface area contributed by atoms with Crippen LogP contribution in [0.4, 0.5) is 5.82 Å². The maximum Gasteiger partial charge on any atom is 0.137 e. The summed E-state index contributed by atoms with van der Waals surface area (Å²) >= 11 is 0. The fraction of sp³-hybridized carbons (Fsp3) is 0.478. The lowest BCUT2D eigenvalue weighted by atomic mass is 9.87. The molecular formula is C23H28N4O. The number of anilines is 1. The normalized spacial score (nSPS) is 21.3. The molecule has 0 spiro atoms. The quantitative estimate of drug-likeness (QED) is 0.674. The van der Waals surface area contributed by atoms with Gasteiger partial charge in [-0.3, -0.25) is 4.40 Å². The van der Waals surface area contributed by atoms with Gasteiger partial charge in [0.1, 0.15) is 11.5 Å². The Labute approximate surface area is 165 Å². The van der Waals surface area contributed by atoms with E-state index in [-0.39, 0.29) is 6.61 Å². The molecule has 2 aliphatic carbocycles. The molecule has 5 rings (SSSR count). The van der Waals surface area contributed by atoms with Gasteiger partial charge in [-0.25, -0.2) is 9.97 Å².